The van der Waals surface area contributed by atoms with Gasteiger partial charge in [0.25, 0.3) is 0 Å². The topological polar surface area (TPSA) is 41.5 Å². The van der Waals surface area contributed by atoms with E-state index in [0.717, 1.165) is 6.54 Å². The SMILES string of the molecule is O[C@@H]1CNC[C@H]1OC1CC1. The Labute approximate surface area is 60.4 Å². The molecule has 2 fully saturated rings. The molecule has 3 nitrogen and oxygen atoms in total. The van der Waals surface area contributed by atoms with Crippen LogP contribution in [0.25, 0.3) is 0 Å². The van der Waals surface area contributed by atoms with Crippen LogP contribution in [0.1, 0.15) is 12.8 Å². The van der Waals surface area contributed by atoms with Gasteiger partial charge < -0.3 is 15.2 Å². The Balaban J connectivity index is 1.79. The lowest BCUT2D eigenvalue weighted by Crippen LogP contribution is -2.27. The molecule has 0 aromatic rings. The van der Waals surface area contributed by atoms with Crippen molar-refractivity contribution in [3.8, 4) is 0 Å². The largest absolute Gasteiger partial charge is 0.389 e. The highest BCUT2D eigenvalue weighted by Gasteiger charge is 2.32. The molecule has 0 bridgehead atoms. The molecule has 0 unspecified atom stereocenters. The van der Waals surface area contributed by atoms with Gasteiger partial charge in [0.1, 0.15) is 0 Å². The highest BCUT2D eigenvalue weighted by Crippen LogP contribution is 2.26. The summed E-state index contributed by atoms with van der Waals surface area (Å²) in [6, 6.07) is 0. The van der Waals surface area contributed by atoms with Crippen LogP contribution in [0.2, 0.25) is 0 Å². The van der Waals surface area contributed by atoms with Crippen LogP contribution < -0.4 is 5.32 Å². The molecule has 0 spiro atoms. The van der Waals surface area contributed by atoms with E-state index < -0.39 is 0 Å². The highest BCUT2D eigenvalue weighted by atomic mass is 16.5. The Hall–Kier alpha value is -0.120. The van der Waals surface area contributed by atoms with Crippen molar-refractivity contribution in [1.82, 2.24) is 5.32 Å². The fraction of sp³-hybridized carbons (Fsp3) is 1.00. The van der Waals surface area contributed by atoms with Crippen molar-refractivity contribution >= 4 is 0 Å². The van der Waals surface area contributed by atoms with Crippen LogP contribution in [-0.2, 0) is 4.74 Å². The fourth-order valence-electron chi connectivity index (χ4n) is 1.23. The second-order valence-corrected chi connectivity index (χ2v) is 3.10. The summed E-state index contributed by atoms with van der Waals surface area (Å²) in [5, 5.41) is 12.4. The van der Waals surface area contributed by atoms with Crippen LogP contribution in [-0.4, -0.2) is 36.5 Å². The molecule has 0 aromatic carbocycles. The van der Waals surface area contributed by atoms with Crippen LogP contribution in [0.3, 0.4) is 0 Å². The van der Waals surface area contributed by atoms with E-state index in [1.165, 1.54) is 12.8 Å². The summed E-state index contributed by atoms with van der Waals surface area (Å²) in [6.45, 7) is 1.51. The van der Waals surface area contributed by atoms with Gasteiger partial charge in [-0.25, -0.2) is 0 Å². The molecule has 3 heteroatoms. The van der Waals surface area contributed by atoms with Gasteiger partial charge in [0.05, 0.1) is 18.3 Å². The van der Waals surface area contributed by atoms with E-state index in [1.807, 2.05) is 0 Å². The third kappa shape index (κ3) is 1.31. The Morgan fingerprint density at radius 2 is 2.10 bits per heavy atom. The quantitative estimate of drug-likeness (QED) is 0.547. The number of rotatable bonds is 2. The average molecular weight is 143 g/mol. The normalized spacial score (nSPS) is 40.5. The van der Waals surface area contributed by atoms with Gasteiger partial charge in [-0.3, -0.25) is 0 Å². The maximum Gasteiger partial charge on any atom is 0.0974 e. The molecule has 10 heavy (non-hydrogen) atoms. The second kappa shape index (κ2) is 2.49. The molecule has 0 radical (unpaired) electrons. The number of β-amino-alcohol motifs (C(OH)–C–C–N with tert-alkyl or cyclic N) is 1. The molecule has 1 aliphatic carbocycles. The summed E-state index contributed by atoms with van der Waals surface area (Å²) < 4.78 is 5.52. The maximum atomic E-state index is 9.28. The summed E-state index contributed by atoms with van der Waals surface area (Å²) in [6.07, 6.45) is 2.61. The minimum Gasteiger partial charge on any atom is -0.389 e. The van der Waals surface area contributed by atoms with E-state index in [9.17, 15) is 5.11 Å². The van der Waals surface area contributed by atoms with E-state index >= 15 is 0 Å². The van der Waals surface area contributed by atoms with Crippen molar-refractivity contribution in [2.24, 2.45) is 0 Å². The fourth-order valence-corrected chi connectivity index (χ4v) is 1.23. The average Bonchev–Trinajstić information content (AvgIpc) is 2.62. The van der Waals surface area contributed by atoms with Crippen molar-refractivity contribution in [2.75, 3.05) is 13.1 Å². The van der Waals surface area contributed by atoms with Gasteiger partial charge in [0.2, 0.25) is 0 Å². The predicted molar refractivity (Wildman–Crippen MR) is 36.8 cm³/mol. The van der Waals surface area contributed by atoms with E-state index in [0.29, 0.717) is 12.6 Å². The van der Waals surface area contributed by atoms with Gasteiger partial charge in [-0.1, -0.05) is 0 Å². The van der Waals surface area contributed by atoms with Crippen LogP contribution in [0.5, 0.6) is 0 Å². The molecule has 1 saturated heterocycles. The van der Waals surface area contributed by atoms with Gasteiger partial charge in [-0.2, -0.15) is 0 Å². The number of aliphatic hydroxyl groups excluding tert-OH is 1. The first kappa shape index (κ1) is 6.58. The minimum absolute atomic E-state index is 0.0625. The number of nitrogens with one attached hydrogen (secondary N) is 1. The zero-order valence-corrected chi connectivity index (χ0v) is 5.92. The van der Waals surface area contributed by atoms with Crippen molar-refractivity contribution in [2.45, 2.75) is 31.2 Å². The molecule has 2 N–H and O–H groups in total. The zero-order valence-electron chi connectivity index (χ0n) is 5.92. The third-order valence-electron chi connectivity index (χ3n) is 2.02. The Kier molecular flexibility index (Phi) is 1.64. The molecule has 2 rings (SSSR count). The molecule has 2 aliphatic rings. The Morgan fingerprint density at radius 1 is 1.30 bits per heavy atom. The van der Waals surface area contributed by atoms with Gasteiger partial charge in [0, 0.05) is 13.1 Å². The third-order valence-corrected chi connectivity index (χ3v) is 2.02. The van der Waals surface area contributed by atoms with Crippen molar-refractivity contribution < 1.29 is 9.84 Å². The highest BCUT2D eigenvalue weighted by molar-refractivity contribution is 4.85. The first-order valence-electron chi connectivity index (χ1n) is 3.90. The smallest absolute Gasteiger partial charge is 0.0974 e. The molecular weight excluding hydrogens is 130 g/mol. The van der Waals surface area contributed by atoms with Crippen molar-refractivity contribution in [3.63, 3.8) is 0 Å². The molecule has 1 aliphatic heterocycles. The lowest BCUT2D eigenvalue weighted by atomic mass is 10.3. The van der Waals surface area contributed by atoms with E-state index in [-0.39, 0.29) is 12.2 Å². The zero-order chi connectivity index (χ0) is 6.97. The molecule has 0 aromatic heterocycles. The summed E-state index contributed by atoms with van der Waals surface area (Å²) in [7, 11) is 0. The number of hydrogen-bond acceptors (Lipinski definition) is 3. The predicted octanol–water partition coefficient (Wildman–Crippen LogP) is -0.502. The first-order chi connectivity index (χ1) is 4.86. The minimum atomic E-state index is -0.277. The molecule has 0 amide bonds. The molecule has 58 valence electrons. The first-order valence-corrected chi connectivity index (χ1v) is 3.90. The monoisotopic (exact) mass is 143 g/mol. The van der Waals surface area contributed by atoms with Crippen molar-refractivity contribution in [1.29, 1.82) is 0 Å². The van der Waals surface area contributed by atoms with E-state index in [4.69, 9.17) is 4.74 Å². The Bertz CT molecular complexity index is 125. The number of aliphatic hydroxyl groups is 1. The molecule has 1 heterocycles. The molecular formula is C7H13NO2. The molecule has 1 saturated carbocycles. The summed E-state index contributed by atoms with van der Waals surface area (Å²) in [5.74, 6) is 0. The van der Waals surface area contributed by atoms with Gasteiger partial charge in [0.15, 0.2) is 0 Å². The van der Waals surface area contributed by atoms with Crippen LogP contribution >= 0.6 is 0 Å². The number of hydrogen-bond donors (Lipinski definition) is 2. The standard InChI is InChI=1S/C7H13NO2/c9-6-3-8-4-7(6)10-5-1-2-5/h5-9H,1-4H2/t6-,7-/m1/s1. The molecule has 2 atom stereocenters. The number of ether oxygens (including phenoxy) is 1. The second-order valence-electron chi connectivity index (χ2n) is 3.10. The summed E-state index contributed by atoms with van der Waals surface area (Å²) in [4.78, 5) is 0. The van der Waals surface area contributed by atoms with Crippen molar-refractivity contribution in [3.05, 3.63) is 0 Å². The van der Waals surface area contributed by atoms with Gasteiger partial charge in [-0.15, -0.1) is 0 Å². The lowest BCUT2D eigenvalue weighted by molar-refractivity contribution is -0.0171. The summed E-state index contributed by atoms with van der Waals surface area (Å²) >= 11 is 0. The van der Waals surface area contributed by atoms with E-state index in [2.05, 4.69) is 5.32 Å². The van der Waals surface area contributed by atoms with Crippen LogP contribution in [0.4, 0.5) is 0 Å². The van der Waals surface area contributed by atoms with Crippen LogP contribution in [0, 0.1) is 0 Å². The van der Waals surface area contributed by atoms with Gasteiger partial charge >= 0.3 is 0 Å². The summed E-state index contributed by atoms with van der Waals surface area (Å²) in [5.41, 5.74) is 0. The van der Waals surface area contributed by atoms with Gasteiger partial charge in [-0.05, 0) is 12.8 Å². The van der Waals surface area contributed by atoms with E-state index in [1.54, 1.807) is 0 Å². The Morgan fingerprint density at radius 3 is 2.60 bits per heavy atom. The lowest BCUT2D eigenvalue weighted by Gasteiger charge is -2.13. The maximum absolute atomic E-state index is 9.28. The van der Waals surface area contributed by atoms with Crippen LogP contribution in [0.15, 0.2) is 0 Å².